The van der Waals surface area contributed by atoms with Crippen LogP contribution in [0.4, 0.5) is 4.39 Å². The molecule has 0 atom stereocenters. The van der Waals surface area contributed by atoms with Crippen LogP contribution in [-0.2, 0) is 11.3 Å². The number of hydrogen-bond donors (Lipinski definition) is 0. The molecule has 0 amide bonds. The molecule has 0 radical (unpaired) electrons. The Kier molecular flexibility index (Phi) is 4.65. The van der Waals surface area contributed by atoms with Crippen LogP contribution in [0.5, 0.6) is 0 Å². The van der Waals surface area contributed by atoms with E-state index in [1.807, 2.05) is 26.0 Å². The van der Waals surface area contributed by atoms with Crippen LogP contribution in [0.2, 0.25) is 0 Å². The van der Waals surface area contributed by atoms with Gasteiger partial charge in [-0.3, -0.25) is 0 Å². The summed E-state index contributed by atoms with van der Waals surface area (Å²) in [6.07, 6.45) is 1.56. The van der Waals surface area contributed by atoms with Crippen molar-refractivity contribution >= 4 is 16.9 Å². The smallest absolute Gasteiger partial charge is 0.339 e. The van der Waals surface area contributed by atoms with Crippen LogP contribution in [-0.4, -0.2) is 11.0 Å². The van der Waals surface area contributed by atoms with Gasteiger partial charge < -0.3 is 9.15 Å². The quantitative estimate of drug-likeness (QED) is 0.435. The van der Waals surface area contributed by atoms with Gasteiger partial charge >= 0.3 is 5.97 Å². The SMILES string of the molecule is Cc1cc2nc(-c3ccco3)cc(C(=O)OCc3ccc(F)cc3)c2cc1C. The Morgan fingerprint density at radius 1 is 1.07 bits per heavy atom. The Bertz CT molecular complexity index is 1150. The molecule has 4 aromatic rings. The van der Waals surface area contributed by atoms with Crippen molar-refractivity contribution in [2.45, 2.75) is 20.5 Å². The van der Waals surface area contributed by atoms with E-state index in [0.717, 1.165) is 16.5 Å². The zero-order chi connectivity index (χ0) is 19.7. The van der Waals surface area contributed by atoms with Crippen LogP contribution in [0, 0.1) is 19.7 Å². The molecule has 0 saturated carbocycles. The highest BCUT2D eigenvalue weighted by Gasteiger charge is 2.17. The third kappa shape index (κ3) is 3.51. The van der Waals surface area contributed by atoms with E-state index < -0.39 is 5.97 Å². The maximum atomic E-state index is 13.1. The van der Waals surface area contributed by atoms with Gasteiger partial charge in [-0.2, -0.15) is 0 Å². The van der Waals surface area contributed by atoms with Gasteiger partial charge in [0, 0.05) is 5.39 Å². The van der Waals surface area contributed by atoms with Crippen LogP contribution in [0.3, 0.4) is 0 Å². The average Bonchev–Trinajstić information content (AvgIpc) is 3.22. The number of nitrogens with zero attached hydrogens (tertiary/aromatic N) is 1. The number of halogens is 1. The zero-order valence-electron chi connectivity index (χ0n) is 15.5. The summed E-state index contributed by atoms with van der Waals surface area (Å²) in [7, 11) is 0. The number of pyridine rings is 1. The fourth-order valence-corrected chi connectivity index (χ4v) is 3.01. The van der Waals surface area contributed by atoms with E-state index in [1.165, 1.54) is 12.1 Å². The van der Waals surface area contributed by atoms with E-state index in [-0.39, 0.29) is 12.4 Å². The van der Waals surface area contributed by atoms with Crippen LogP contribution in [0.15, 0.2) is 65.3 Å². The molecule has 0 N–H and O–H groups in total. The lowest BCUT2D eigenvalue weighted by atomic mass is 10.0. The van der Waals surface area contributed by atoms with E-state index in [2.05, 4.69) is 4.98 Å². The normalized spacial score (nSPS) is 11.0. The lowest BCUT2D eigenvalue weighted by Crippen LogP contribution is -2.07. The summed E-state index contributed by atoms with van der Waals surface area (Å²) >= 11 is 0. The third-order valence-corrected chi connectivity index (χ3v) is 4.70. The van der Waals surface area contributed by atoms with Crippen molar-refractivity contribution in [2.75, 3.05) is 0 Å². The highest BCUT2D eigenvalue weighted by atomic mass is 19.1. The number of carbonyl (C=O) groups is 1. The number of aryl methyl sites for hydroxylation is 2. The summed E-state index contributed by atoms with van der Waals surface area (Å²) in [5, 5.41) is 0.725. The molecule has 5 heteroatoms. The van der Waals surface area contributed by atoms with Gasteiger partial charge in [0.25, 0.3) is 0 Å². The molecule has 4 rings (SSSR count). The van der Waals surface area contributed by atoms with Crippen molar-refractivity contribution in [1.29, 1.82) is 0 Å². The number of furan rings is 1. The topological polar surface area (TPSA) is 52.3 Å². The molecule has 28 heavy (non-hydrogen) atoms. The molecule has 2 aromatic carbocycles. The minimum atomic E-state index is -0.465. The summed E-state index contributed by atoms with van der Waals surface area (Å²) in [6.45, 7) is 4.05. The molecule has 0 spiro atoms. The summed E-state index contributed by atoms with van der Waals surface area (Å²) in [6, 6.07) is 15.0. The van der Waals surface area contributed by atoms with Crippen molar-refractivity contribution < 1.29 is 18.3 Å². The highest BCUT2D eigenvalue weighted by molar-refractivity contribution is 6.04. The maximum absolute atomic E-state index is 13.1. The van der Waals surface area contributed by atoms with Crippen molar-refractivity contribution in [1.82, 2.24) is 4.98 Å². The van der Waals surface area contributed by atoms with Gasteiger partial charge in [-0.25, -0.2) is 14.2 Å². The van der Waals surface area contributed by atoms with Crippen LogP contribution >= 0.6 is 0 Å². The minimum Gasteiger partial charge on any atom is -0.463 e. The average molecular weight is 375 g/mol. The van der Waals surface area contributed by atoms with E-state index in [9.17, 15) is 9.18 Å². The number of ether oxygens (including phenoxy) is 1. The summed E-state index contributed by atoms with van der Waals surface area (Å²) in [5.74, 6) is -0.218. The predicted molar refractivity (Wildman–Crippen MR) is 104 cm³/mol. The molecule has 0 aliphatic rings. The molecule has 0 saturated heterocycles. The minimum absolute atomic E-state index is 0.0594. The van der Waals surface area contributed by atoms with E-state index >= 15 is 0 Å². The fourth-order valence-electron chi connectivity index (χ4n) is 3.01. The molecule has 4 nitrogen and oxygen atoms in total. The maximum Gasteiger partial charge on any atom is 0.339 e. The van der Waals surface area contributed by atoms with Gasteiger partial charge in [0.1, 0.15) is 18.1 Å². The van der Waals surface area contributed by atoms with E-state index in [1.54, 1.807) is 36.6 Å². The molecular formula is C23H18FNO3. The second-order valence-electron chi connectivity index (χ2n) is 6.69. The first kappa shape index (κ1) is 17.9. The highest BCUT2D eigenvalue weighted by Crippen LogP contribution is 2.28. The molecule has 0 fully saturated rings. The monoisotopic (exact) mass is 375 g/mol. The number of carbonyl (C=O) groups excluding carboxylic acids is 1. The first-order chi connectivity index (χ1) is 13.5. The lowest BCUT2D eigenvalue weighted by molar-refractivity contribution is 0.0475. The first-order valence-corrected chi connectivity index (χ1v) is 8.89. The molecule has 140 valence electrons. The second-order valence-corrected chi connectivity index (χ2v) is 6.69. The summed E-state index contributed by atoms with van der Waals surface area (Å²) < 4.78 is 24.0. The van der Waals surface area contributed by atoms with Gasteiger partial charge in [0.2, 0.25) is 0 Å². The number of fused-ring (bicyclic) bond motifs is 1. The second kappa shape index (κ2) is 7.27. The molecule has 0 aliphatic heterocycles. The van der Waals surface area contributed by atoms with Gasteiger partial charge in [-0.1, -0.05) is 12.1 Å². The Hall–Kier alpha value is -3.47. The van der Waals surface area contributed by atoms with Crippen LogP contribution in [0.1, 0.15) is 27.0 Å². The lowest BCUT2D eigenvalue weighted by Gasteiger charge is -2.11. The summed E-state index contributed by atoms with van der Waals surface area (Å²) in [5.41, 5.74) is 4.54. The molecular weight excluding hydrogens is 357 g/mol. The summed E-state index contributed by atoms with van der Waals surface area (Å²) in [4.78, 5) is 17.5. The third-order valence-electron chi connectivity index (χ3n) is 4.70. The number of hydrogen-bond acceptors (Lipinski definition) is 4. The van der Waals surface area contributed by atoms with E-state index in [4.69, 9.17) is 9.15 Å². The molecule has 0 unspecified atom stereocenters. The zero-order valence-corrected chi connectivity index (χ0v) is 15.5. The van der Waals surface area contributed by atoms with E-state index in [0.29, 0.717) is 28.1 Å². The first-order valence-electron chi connectivity index (χ1n) is 8.89. The molecule has 0 bridgehead atoms. The Labute approximate surface area is 161 Å². The van der Waals surface area contributed by atoms with Crippen molar-refractivity contribution in [3.8, 4) is 11.5 Å². The van der Waals surface area contributed by atoms with Crippen molar-refractivity contribution in [3.63, 3.8) is 0 Å². The molecule has 0 aliphatic carbocycles. The van der Waals surface area contributed by atoms with Gasteiger partial charge in [0.15, 0.2) is 5.76 Å². The Morgan fingerprint density at radius 3 is 2.54 bits per heavy atom. The Balaban J connectivity index is 1.74. The van der Waals surface area contributed by atoms with Gasteiger partial charge in [0.05, 0.1) is 17.3 Å². The molecule has 2 aromatic heterocycles. The predicted octanol–water partition coefficient (Wildman–Crippen LogP) is 5.61. The molecule has 2 heterocycles. The van der Waals surface area contributed by atoms with Crippen LogP contribution in [0.25, 0.3) is 22.4 Å². The number of esters is 1. The fraction of sp³-hybridized carbons (Fsp3) is 0.130. The Morgan fingerprint density at radius 2 is 1.82 bits per heavy atom. The standard InChI is InChI=1S/C23H18FNO3/c1-14-10-18-19(23(26)28-13-16-5-7-17(24)8-6-16)12-21(22-4-3-9-27-22)25-20(18)11-15(14)2/h3-12H,13H2,1-2H3. The number of benzene rings is 2. The largest absolute Gasteiger partial charge is 0.463 e. The number of rotatable bonds is 4. The van der Waals surface area contributed by atoms with Gasteiger partial charge in [-0.15, -0.1) is 0 Å². The van der Waals surface area contributed by atoms with Crippen LogP contribution < -0.4 is 0 Å². The van der Waals surface area contributed by atoms with Gasteiger partial charge in [-0.05, 0) is 73.0 Å². The van der Waals surface area contributed by atoms with Crippen molar-refractivity contribution in [2.24, 2.45) is 0 Å². The van der Waals surface area contributed by atoms with Crippen molar-refractivity contribution in [3.05, 3.63) is 88.9 Å². The number of aromatic nitrogens is 1.